The molecule has 0 heterocycles. The van der Waals surface area contributed by atoms with E-state index in [0.29, 0.717) is 12.1 Å². The summed E-state index contributed by atoms with van der Waals surface area (Å²) in [5, 5.41) is 17.0. The zero-order chi connectivity index (χ0) is 12.7. The van der Waals surface area contributed by atoms with Gasteiger partial charge < -0.3 is 21.6 Å². The molecule has 0 saturated heterocycles. The first-order chi connectivity index (χ1) is 8.17. The lowest BCUT2D eigenvalue weighted by molar-refractivity contribution is -0.119. The molecule has 6 nitrogen and oxygen atoms in total. The first-order valence-corrected chi connectivity index (χ1v) is 5.15. The minimum atomic E-state index is -0.0717. The van der Waals surface area contributed by atoms with Crippen LogP contribution in [0, 0.1) is 0 Å². The summed E-state index contributed by atoms with van der Waals surface area (Å²) in [7, 11) is 1.59. The van der Waals surface area contributed by atoms with Crippen molar-refractivity contribution in [3.63, 3.8) is 0 Å². The lowest BCUT2D eigenvalue weighted by Crippen LogP contribution is -2.31. The van der Waals surface area contributed by atoms with Crippen LogP contribution < -0.4 is 16.4 Å². The second-order valence-electron chi connectivity index (χ2n) is 3.46. The third-order valence-corrected chi connectivity index (χ3v) is 2.22. The van der Waals surface area contributed by atoms with Crippen LogP contribution in [0.25, 0.3) is 0 Å². The Hall–Kier alpha value is -2.08. The van der Waals surface area contributed by atoms with E-state index in [0.717, 1.165) is 5.56 Å². The van der Waals surface area contributed by atoms with Crippen LogP contribution in [-0.2, 0) is 11.3 Å². The van der Waals surface area contributed by atoms with Crippen molar-refractivity contribution in [1.82, 2.24) is 10.6 Å². The monoisotopic (exact) mass is 236 g/mol. The van der Waals surface area contributed by atoms with Crippen LogP contribution in [0.3, 0.4) is 0 Å². The van der Waals surface area contributed by atoms with Gasteiger partial charge in [-0.25, -0.2) is 0 Å². The van der Waals surface area contributed by atoms with E-state index in [1.165, 1.54) is 0 Å². The number of amides is 1. The van der Waals surface area contributed by atoms with Gasteiger partial charge >= 0.3 is 0 Å². The van der Waals surface area contributed by atoms with Crippen molar-refractivity contribution in [3.05, 3.63) is 35.4 Å². The second-order valence-corrected chi connectivity index (χ2v) is 3.46. The maximum Gasteiger partial charge on any atom is 0.233 e. The van der Waals surface area contributed by atoms with Crippen LogP contribution in [0.5, 0.6) is 0 Å². The first-order valence-electron chi connectivity index (χ1n) is 5.15. The summed E-state index contributed by atoms with van der Waals surface area (Å²) < 4.78 is 0. The maximum atomic E-state index is 11.0. The highest BCUT2D eigenvalue weighted by atomic mass is 16.4. The average Bonchev–Trinajstić information content (AvgIpc) is 2.38. The minimum Gasteiger partial charge on any atom is -0.409 e. The Labute approximate surface area is 99.5 Å². The number of carbonyl (C=O) groups excluding carboxylic acids is 1. The van der Waals surface area contributed by atoms with Crippen LogP contribution in [0.2, 0.25) is 0 Å². The van der Waals surface area contributed by atoms with Gasteiger partial charge in [0, 0.05) is 19.2 Å². The van der Waals surface area contributed by atoms with Gasteiger partial charge in [0.1, 0.15) is 0 Å². The number of amidine groups is 1. The molecular weight excluding hydrogens is 220 g/mol. The number of nitrogens with zero attached hydrogens (tertiary/aromatic N) is 1. The second kappa shape index (κ2) is 6.49. The molecule has 0 aliphatic rings. The standard InChI is InChI=1S/C11H16N4O2/c1-13-10(16)7-14-6-8-3-2-4-9(5-8)11(12)15-17/h2-5,14,17H,6-7H2,1H3,(H2,12,15)(H,13,16). The van der Waals surface area contributed by atoms with Crippen LogP contribution in [0.1, 0.15) is 11.1 Å². The van der Waals surface area contributed by atoms with Crippen molar-refractivity contribution in [3.8, 4) is 0 Å². The summed E-state index contributed by atoms with van der Waals surface area (Å²) in [6.07, 6.45) is 0. The zero-order valence-corrected chi connectivity index (χ0v) is 9.60. The Morgan fingerprint density at radius 3 is 2.94 bits per heavy atom. The number of carbonyl (C=O) groups is 1. The van der Waals surface area contributed by atoms with E-state index < -0.39 is 0 Å². The quantitative estimate of drug-likeness (QED) is 0.242. The molecule has 0 aliphatic carbocycles. The molecule has 1 amide bonds. The third kappa shape index (κ3) is 4.12. The Kier molecular flexibility index (Phi) is 4.96. The molecule has 1 aromatic carbocycles. The highest BCUT2D eigenvalue weighted by Crippen LogP contribution is 2.04. The summed E-state index contributed by atoms with van der Waals surface area (Å²) >= 11 is 0. The number of benzene rings is 1. The Morgan fingerprint density at radius 2 is 2.29 bits per heavy atom. The molecule has 0 aromatic heterocycles. The molecule has 17 heavy (non-hydrogen) atoms. The molecule has 92 valence electrons. The summed E-state index contributed by atoms with van der Waals surface area (Å²) in [5.74, 6) is -0.00394. The molecule has 6 heteroatoms. The highest BCUT2D eigenvalue weighted by molar-refractivity contribution is 5.97. The molecule has 0 bridgehead atoms. The van der Waals surface area contributed by atoms with E-state index in [9.17, 15) is 4.79 Å². The molecule has 0 spiro atoms. The number of nitrogens with one attached hydrogen (secondary N) is 2. The smallest absolute Gasteiger partial charge is 0.233 e. The molecular formula is C11H16N4O2. The molecule has 5 N–H and O–H groups in total. The van der Waals surface area contributed by atoms with Gasteiger partial charge in [0.2, 0.25) is 5.91 Å². The summed E-state index contributed by atoms with van der Waals surface area (Å²) in [6, 6.07) is 7.25. The Morgan fingerprint density at radius 1 is 1.53 bits per heavy atom. The van der Waals surface area contributed by atoms with E-state index in [2.05, 4.69) is 15.8 Å². The van der Waals surface area contributed by atoms with Crippen LogP contribution in [0.4, 0.5) is 0 Å². The average molecular weight is 236 g/mol. The van der Waals surface area contributed by atoms with E-state index >= 15 is 0 Å². The topological polar surface area (TPSA) is 99.7 Å². The van der Waals surface area contributed by atoms with Crippen LogP contribution >= 0.6 is 0 Å². The fourth-order valence-corrected chi connectivity index (χ4v) is 1.31. The van der Waals surface area contributed by atoms with Gasteiger partial charge in [0.25, 0.3) is 0 Å². The fraction of sp³-hybridized carbons (Fsp3) is 0.273. The summed E-state index contributed by atoms with van der Waals surface area (Å²) in [4.78, 5) is 11.0. The normalized spacial score (nSPS) is 11.2. The van der Waals surface area contributed by atoms with Crippen molar-refractivity contribution < 1.29 is 10.0 Å². The number of hydrogen-bond acceptors (Lipinski definition) is 4. The van der Waals surface area contributed by atoms with Crippen molar-refractivity contribution in [1.29, 1.82) is 0 Å². The molecule has 0 unspecified atom stereocenters. The maximum absolute atomic E-state index is 11.0. The number of hydrogen-bond donors (Lipinski definition) is 4. The largest absolute Gasteiger partial charge is 0.409 e. The number of likely N-dealkylation sites (N-methyl/N-ethyl adjacent to an activating group) is 1. The Balaban J connectivity index is 2.57. The van der Waals surface area contributed by atoms with Crippen molar-refractivity contribution in [2.24, 2.45) is 10.9 Å². The van der Waals surface area contributed by atoms with Crippen molar-refractivity contribution in [2.45, 2.75) is 6.54 Å². The van der Waals surface area contributed by atoms with Gasteiger partial charge in [-0.3, -0.25) is 4.79 Å². The van der Waals surface area contributed by atoms with Gasteiger partial charge in [-0.05, 0) is 11.6 Å². The van der Waals surface area contributed by atoms with E-state index in [-0.39, 0.29) is 18.3 Å². The van der Waals surface area contributed by atoms with Crippen molar-refractivity contribution >= 4 is 11.7 Å². The minimum absolute atomic E-state index is 0.0677. The first kappa shape index (κ1) is 13.0. The predicted molar refractivity (Wildman–Crippen MR) is 64.7 cm³/mol. The van der Waals surface area contributed by atoms with Gasteiger partial charge in [0.15, 0.2) is 5.84 Å². The van der Waals surface area contributed by atoms with Gasteiger partial charge in [-0.15, -0.1) is 0 Å². The van der Waals surface area contributed by atoms with E-state index in [4.69, 9.17) is 10.9 Å². The molecule has 0 fully saturated rings. The number of oxime groups is 1. The molecule has 1 aromatic rings. The Bertz CT molecular complexity index is 418. The summed E-state index contributed by atoms with van der Waals surface area (Å²) in [5.41, 5.74) is 7.08. The van der Waals surface area contributed by atoms with E-state index in [1.54, 1.807) is 19.2 Å². The van der Waals surface area contributed by atoms with Gasteiger partial charge in [0.05, 0.1) is 6.54 Å². The lowest BCUT2D eigenvalue weighted by Gasteiger charge is -2.05. The van der Waals surface area contributed by atoms with Gasteiger partial charge in [-0.1, -0.05) is 23.4 Å². The molecule has 1 rings (SSSR count). The molecule has 0 atom stereocenters. The number of nitrogens with two attached hydrogens (primary N) is 1. The summed E-state index contributed by atoms with van der Waals surface area (Å²) in [6.45, 7) is 0.796. The highest BCUT2D eigenvalue weighted by Gasteiger charge is 2.01. The third-order valence-electron chi connectivity index (χ3n) is 2.22. The number of rotatable bonds is 5. The molecule has 0 saturated carbocycles. The molecule has 0 radical (unpaired) electrons. The lowest BCUT2D eigenvalue weighted by atomic mass is 10.1. The predicted octanol–water partition coefficient (Wildman–Crippen LogP) is -0.383. The fourth-order valence-electron chi connectivity index (χ4n) is 1.31. The van der Waals surface area contributed by atoms with Crippen LogP contribution in [-0.4, -0.2) is 30.5 Å². The van der Waals surface area contributed by atoms with E-state index in [1.807, 2.05) is 12.1 Å². The zero-order valence-electron chi connectivity index (χ0n) is 9.60. The molecule has 0 aliphatic heterocycles. The van der Waals surface area contributed by atoms with Crippen LogP contribution in [0.15, 0.2) is 29.4 Å². The SMILES string of the molecule is CNC(=O)CNCc1cccc(C(N)=NO)c1. The van der Waals surface area contributed by atoms with Gasteiger partial charge in [-0.2, -0.15) is 0 Å². The van der Waals surface area contributed by atoms with Crippen molar-refractivity contribution in [2.75, 3.05) is 13.6 Å².